The minimum Gasteiger partial charge on any atom is -0.476 e. The van der Waals surface area contributed by atoms with Gasteiger partial charge in [-0.05, 0) is 20.8 Å². The van der Waals surface area contributed by atoms with E-state index in [1.54, 1.807) is 0 Å². The largest absolute Gasteiger partial charge is 0.476 e. The molecule has 1 aromatic rings. The molecule has 18 heavy (non-hydrogen) atoms. The first-order chi connectivity index (χ1) is 8.47. The number of aromatic nitrogens is 1. The van der Waals surface area contributed by atoms with Crippen LogP contribution in [-0.4, -0.2) is 39.4 Å². The summed E-state index contributed by atoms with van der Waals surface area (Å²) in [5.41, 5.74) is 0.936. The number of fused-ring (bicyclic) bond motifs is 1. The van der Waals surface area contributed by atoms with Crippen molar-refractivity contribution in [2.45, 2.75) is 39.8 Å². The number of carboxylic acid groups (broad SMARTS) is 1. The molecule has 0 saturated carbocycles. The molecule has 1 aromatic heterocycles. The molecule has 0 radical (unpaired) electrons. The lowest BCUT2D eigenvalue weighted by molar-refractivity contribution is 0.0696. The second-order valence-electron chi connectivity index (χ2n) is 4.64. The van der Waals surface area contributed by atoms with Gasteiger partial charge in [-0.15, -0.1) is 11.3 Å². The molecule has 0 fully saturated rings. The number of aromatic carboxylic acids is 1. The maximum absolute atomic E-state index is 10.9. The van der Waals surface area contributed by atoms with Crippen LogP contribution in [0, 0.1) is 0 Å². The average molecular weight is 267 g/mol. The van der Waals surface area contributed by atoms with E-state index in [1.807, 2.05) is 20.8 Å². The summed E-state index contributed by atoms with van der Waals surface area (Å²) < 4.78 is 0. The van der Waals surface area contributed by atoms with Crippen molar-refractivity contribution in [1.82, 2.24) is 9.88 Å². The molecule has 6 heteroatoms. The van der Waals surface area contributed by atoms with Crippen molar-refractivity contribution in [3.05, 3.63) is 15.6 Å². The topological polar surface area (TPSA) is 65.8 Å². The molecule has 1 aliphatic heterocycles. The highest BCUT2D eigenvalue weighted by Crippen LogP contribution is 2.25. The normalized spacial score (nSPS) is 16.0. The van der Waals surface area contributed by atoms with E-state index in [0.29, 0.717) is 0 Å². The first-order valence-corrected chi connectivity index (χ1v) is 6.80. The zero-order valence-electron chi connectivity index (χ0n) is 10.8. The van der Waals surface area contributed by atoms with E-state index in [9.17, 15) is 4.79 Å². The number of amidine groups is 1. The van der Waals surface area contributed by atoms with Gasteiger partial charge in [-0.25, -0.2) is 9.78 Å². The lowest BCUT2D eigenvalue weighted by Gasteiger charge is -2.28. The Kier molecular flexibility index (Phi) is 3.65. The number of hydrogen-bond donors (Lipinski definition) is 1. The summed E-state index contributed by atoms with van der Waals surface area (Å²) in [5.74, 6) is 0.0782. The number of aliphatic imine (C=N–C) groups is 1. The molecule has 0 atom stereocenters. The molecule has 0 aromatic carbocycles. The van der Waals surface area contributed by atoms with Crippen LogP contribution in [0.4, 0.5) is 0 Å². The van der Waals surface area contributed by atoms with Gasteiger partial charge in [0.1, 0.15) is 0 Å². The Morgan fingerprint density at radius 2 is 2.28 bits per heavy atom. The van der Waals surface area contributed by atoms with Crippen molar-refractivity contribution in [2.24, 2.45) is 4.99 Å². The van der Waals surface area contributed by atoms with Crippen molar-refractivity contribution in [1.29, 1.82) is 0 Å². The summed E-state index contributed by atoms with van der Waals surface area (Å²) in [6.07, 6.45) is 0.796. The lowest BCUT2D eigenvalue weighted by atomic mass is 10.2. The monoisotopic (exact) mass is 267 g/mol. The standard InChI is InChI=1S/C12H17N3O2S/c1-7(2)13-8(3)15-5-4-9-10(6-15)18-11(14-9)12(16)17/h7H,4-6H2,1-3H3,(H,16,17). The molecule has 2 heterocycles. The minimum absolute atomic E-state index is 0.195. The van der Waals surface area contributed by atoms with Crippen LogP contribution in [0.3, 0.4) is 0 Å². The van der Waals surface area contributed by atoms with Gasteiger partial charge in [0.05, 0.1) is 18.1 Å². The molecule has 0 saturated heterocycles. The highest BCUT2D eigenvalue weighted by molar-refractivity contribution is 7.13. The summed E-state index contributed by atoms with van der Waals surface area (Å²) in [6, 6.07) is 0.280. The molecule has 0 spiro atoms. The Labute approximate surface area is 110 Å². The van der Waals surface area contributed by atoms with E-state index < -0.39 is 5.97 Å². The van der Waals surface area contributed by atoms with Gasteiger partial charge in [0.25, 0.3) is 0 Å². The second kappa shape index (κ2) is 5.06. The van der Waals surface area contributed by atoms with Gasteiger partial charge in [-0.1, -0.05) is 0 Å². The van der Waals surface area contributed by atoms with E-state index in [0.717, 1.165) is 35.9 Å². The van der Waals surface area contributed by atoms with Gasteiger partial charge in [0.15, 0.2) is 0 Å². The quantitative estimate of drug-likeness (QED) is 0.657. The fourth-order valence-electron chi connectivity index (χ4n) is 2.02. The average Bonchev–Trinajstić information content (AvgIpc) is 2.70. The van der Waals surface area contributed by atoms with Crippen LogP contribution in [0.25, 0.3) is 0 Å². The summed E-state index contributed by atoms with van der Waals surface area (Å²) in [4.78, 5) is 22.8. The Bertz CT molecular complexity index is 494. The van der Waals surface area contributed by atoms with Gasteiger partial charge >= 0.3 is 5.97 Å². The number of nitrogens with zero attached hydrogens (tertiary/aromatic N) is 3. The van der Waals surface area contributed by atoms with Crippen molar-refractivity contribution < 1.29 is 9.90 Å². The zero-order chi connectivity index (χ0) is 13.3. The van der Waals surface area contributed by atoms with Crippen LogP contribution in [-0.2, 0) is 13.0 Å². The van der Waals surface area contributed by atoms with Crippen molar-refractivity contribution in [2.75, 3.05) is 6.54 Å². The minimum atomic E-state index is -0.937. The highest BCUT2D eigenvalue weighted by atomic mass is 32.1. The Hall–Kier alpha value is -1.43. The third-order valence-electron chi connectivity index (χ3n) is 2.82. The van der Waals surface area contributed by atoms with Crippen molar-refractivity contribution in [3.63, 3.8) is 0 Å². The van der Waals surface area contributed by atoms with Crippen molar-refractivity contribution >= 4 is 23.1 Å². The van der Waals surface area contributed by atoms with E-state index in [-0.39, 0.29) is 11.0 Å². The second-order valence-corrected chi connectivity index (χ2v) is 5.72. The fourth-order valence-corrected chi connectivity index (χ4v) is 2.98. The van der Waals surface area contributed by atoms with E-state index >= 15 is 0 Å². The van der Waals surface area contributed by atoms with Gasteiger partial charge in [-0.3, -0.25) is 4.99 Å². The predicted molar refractivity (Wildman–Crippen MR) is 71.4 cm³/mol. The third kappa shape index (κ3) is 2.69. The van der Waals surface area contributed by atoms with Gasteiger partial charge in [0, 0.05) is 23.9 Å². The maximum Gasteiger partial charge on any atom is 0.365 e. The molecule has 0 amide bonds. The molecule has 0 bridgehead atoms. The van der Waals surface area contributed by atoms with Gasteiger partial charge in [-0.2, -0.15) is 0 Å². The van der Waals surface area contributed by atoms with Crippen LogP contribution in [0.1, 0.15) is 41.1 Å². The SMILES string of the molecule is CC(=NC(C)C)N1CCc2nc(C(=O)O)sc2C1. The van der Waals surface area contributed by atoms with Crippen LogP contribution in [0.15, 0.2) is 4.99 Å². The number of thiazole rings is 1. The molecule has 2 rings (SSSR count). The fraction of sp³-hybridized carbons (Fsp3) is 0.583. The first-order valence-electron chi connectivity index (χ1n) is 5.98. The molecule has 1 N–H and O–H groups in total. The Balaban J connectivity index is 2.17. The molecule has 1 aliphatic rings. The van der Waals surface area contributed by atoms with E-state index in [1.165, 1.54) is 11.3 Å². The van der Waals surface area contributed by atoms with Crippen LogP contribution in [0.5, 0.6) is 0 Å². The molecule has 98 valence electrons. The van der Waals surface area contributed by atoms with E-state index in [4.69, 9.17) is 5.11 Å². The molecular formula is C12H17N3O2S. The van der Waals surface area contributed by atoms with Crippen LogP contribution >= 0.6 is 11.3 Å². The van der Waals surface area contributed by atoms with Crippen molar-refractivity contribution in [3.8, 4) is 0 Å². The lowest BCUT2D eigenvalue weighted by Crippen LogP contribution is -2.34. The van der Waals surface area contributed by atoms with Crippen LogP contribution in [0.2, 0.25) is 0 Å². The molecular weight excluding hydrogens is 250 g/mol. The summed E-state index contributed by atoms with van der Waals surface area (Å²) in [5, 5.41) is 9.13. The Morgan fingerprint density at radius 3 is 2.89 bits per heavy atom. The number of carbonyl (C=O) groups is 1. The van der Waals surface area contributed by atoms with Gasteiger partial charge in [0.2, 0.25) is 5.01 Å². The molecule has 0 unspecified atom stereocenters. The highest BCUT2D eigenvalue weighted by Gasteiger charge is 2.23. The van der Waals surface area contributed by atoms with E-state index in [2.05, 4.69) is 14.9 Å². The Morgan fingerprint density at radius 1 is 1.56 bits per heavy atom. The number of rotatable bonds is 2. The van der Waals surface area contributed by atoms with Crippen LogP contribution < -0.4 is 0 Å². The number of hydrogen-bond acceptors (Lipinski definition) is 4. The smallest absolute Gasteiger partial charge is 0.365 e. The summed E-state index contributed by atoms with van der Waals surface area (Å²) >= 11 is 1.28. The predicted octanol–water partition coefficient (Wildman–Crippen LogP) is 2.03. The van der Waals surface area contributed by atoms with Gasteiger partial charge < -0.3 is 10.0 Å². The first kappa shape index (κ1) is 13.0. The molecule has 0 aliphatic carbocycles. The zero-order valence-corrected chi connectivity index (χ0v) is 11.6. The maximum atomic E-state index is 10.9. The summed E-state index contributed by atoms with van der Waals surface area (Å²) in [7, 11) is 0. The third-order valence-corrected chi connectivity index (χ3v) is 3.89. The summed E-state index contributed by atoms with van der Waals surface area (Å²) in [6.45, 7) is 7.69. The number of carboxylic acids is 1. The molecule has 5 nitrogen and oxygen atoms in total.